The van der Waals surface area contributed by atoms with Crippen molar-refractivity contribution in [1.82, 2.24) is 10.2 Å². The summed E-state index contributed by atoms with van der Waals surface area (Å²) in [5, 5.41) is 4.62. The molecule has 126 valence electrons. The van der Waals surface area contributed by atoms with E-state index in [2.05, 4.69) is 10.1 Å². The van der Waals surface area contributed by atoms with Crippen molar-refractivity contribution in [1.29, 1.82) is 0 Å². The van der Waals surface area contributed by atoms with E-state index in [4.69, 9.17) is 0 Å². The fourth-order valence-electron chi connectivity index (χ4n) is 3.09. The van der Waals surface area contributed by atoms with Gasteiger partial charge in [-0.1, -0.05) is 0 Å². The van der Waals surface area contributed by atoms with E-state index in [0.717, 1.165) is 28.2 Å². The van der Waals surface area contributed by atoms with Gasteiger partial charge in [0.05, 0.1) is 13.2 Å². The molecule has 0 saturated carbocycles. The zero-order valence-corrected chi connectivity index (χ0v) is 12.9. The lowest BCUT2D eigenvalue weighted by atomic mass is 9.80. The summed E-state index contributed by atoms with van der Waals surface area (Å²) >= 11 is 1.54. The molecule has 3 rings (SSSR count). The molecule has 1 aliphatic heterocycles. The monoisotopic (exact) mass is 348 g/mol. The first-order valence-electron chi connectivity index (χ1n) is 7.19. The minimum absolute atomic E-state index is 0.192. The molecule has 1 fully saturated rings. The number of fused-ring (bicyclic) bond motifs is 2. The fraction of sp³-hybridized carbons (Fsp3) is 0.571. The highest BCUT2D eigenvalue weighted by molar-refractivity contribution is 7.10. The van der Waals surface area contributed by atoms with Gasteiger partial charge in [-0.25, -0.2) is 4.79 Å². The predicted molar refractivity (Wildman–Crippen MR) is 76.1 cm³/mol. The number of hydrogen-bond acceptors (Lipinski definition) is 4. The number of alkyl halides is 3. The summed E-state index contributed by atoms with van der Waals surface area (Å²) in [5.41, 5.74) is -0.250. The number of nitrogens with zero attached hydrogens (tertiary/aromatic N) is 1. The molecule has 3 amide bonds. The molecule has 0 radical (unpaired) electrons. The van der Waals surface area contributed by atoms with Gasteiger partial charge >= 0.3 is 12.2 Å². The first-order chi connectivity index (χ1) is 10.8. The van der Waals surface area contributed by atoms with Gasteiger partial charge in [-0.05, 0) is 30.7 Å². The van der Waals surface area contributed by atoms with Crippen molar-refractivity contribution in [2.75, 3.05) is 19.8 Å². The van der Waals surface area contributed by atoms with Crippen LogP contribution in [0.4, 0.5) is 18.0 Å². The number of ether oxygens (including phenoxy) is 1. The average molecular weight is 348 g/mol. The first kappa shape index (κ1) is 16.3. The Labute approximate surface area is 134 Å². The fourth-order valence-corrected chi connectivity index (χ4v) is 4.09. The molecule has 2 heterocycles. The van der Waals surface area contributed by atoms with Crippen molar-refractivity contribution in [2.45, 2.75) is 31.0 Å². The number of urea groups is 1. The van der Waals surface area contributed by atoms with E-state index in [1.54, 1.807) is 11.3 Å². The van der Waals surface area contributed by atoms with Crippen LogP contribution in [0.5, 0.6) is 0 Å². The number of carbonyl (C=O) groups is 2. The molecule has 1 aromatic rings. The molecular weight excluding hydrogens is 333 g/mol. The summed E-state index contributed by atoms with van der Waals surface area (Å²) in [5.74, 6) is -0.405. The number of hydrogen-bond donors (Lipinski definition) is 1. The molecular formula is C14H15F3N2O3S. The van der Waals surface area contributed by atoms with E-state index in [1.807, 2.05) is 11.4 Å². The van der Waals surface area contributed by atoms with Crippen molar-refractivity contribution in [3.8, 4) is 0 Å². The van der Waals surface area contributed by atoms with Gasteiger partial charge in [0.25, 0.3) is 5.91 Å². The van der Waals surface area contributed by atoms with Crippen molar-refractivity contribution >= 4 is 23.3 Å². The number of nitrogens with one attached hydrogen (secondary N) is 1. The number of thiophene rings is 1. The molecule has 1 N–H and O–H groups in total. The second kappa shape index (κ2) is 5.79. The van der Waals surface area contributed by atoms with E-state index in [1.165, 1.54) is 0 Å². The van der Waals surface area contributed by atoms with Crippen molar-refractivity contribution in [2.24, 2.45) is 0 Å². The topological polar surface area (TPSA) is 58.6 Å². The molecule has 1 spiro atoms. The largest absolute Gasteiger partial charge is 0.411 e. The number of halogens is 3. The zero-order chi connectivity index (χ0) is 16.7. The van der Waals surface area contributed by atoms with Crippen LogP contribution in [0, 0.1) is 0 Å². The minimum Gasteiger partial charge on any atom is -0.370 e. The van der Waals surface area contributed by atoms with Gasteiger partial charge in [0.1, 0.15) is 12.1 Å². The molecule has 5 nitrogen and oxygen atoms in total. The van der Waals surface area contributed by atoms with E-state index in [-0.39, 0.29) is 13.2 Å². The number of amides is 3. The summed E-state index contributed by atoms with van der Waals surface area (Å²) in [6.07, 6.45) is -2.28. The molecule has 9 heteroatoms. The molecule has 1 saturated heterocycles. The Morgan fingerprint density at radius 3 is 2.91 bits per heavy atom. The van der Waals surface area contributed by atoms with Crippen LogP contribution in [0.2, 0.25) is 0 Å². The van der Waals surface area contributed by atoms with Crippen LogP contribution < -0.4 is 5.32 Å². The number of aryl methyl sites for hydroxylation is 1. The SMILES string of the molecule is O=C1N[C@@]2(CCCc3sccc32)C(=O)N1CCOCC(F)(F)F. The maximum absolute atomic E-state index is 12.7. The molecule has 23 heavy (non-hydrogen) atoms. The van der Waals surface area contributed by atoms with Crippen molar-refractivity contribution in [3.05, 3.63) is 21.9 Å². The third-order valence-corrected chi connectivity index (χ3v) is 5.04. The summed E-state index contributed by atoms with van der Waals surface area (Å²) in [6.45, 7) is -1.93. The molecule has 0 aromatic carbocycles. The molecule has 0 bridgehead atoms. The van der Waals surface area contributed by atoms with Gasteiger partial charge in [-0.2, -0.15) is 13.2 Å². The van der Waals surface area contributed by atoms with Gasteiger partial charge in [0.2, 0.25) is 0 Å². The maximum atomic E-state index is 12.7. The van der Waals surface area contributed by atoms with E-state index >= 15 is 0 Å². The highest BCUT2D eigenvalue weighted by Crippen LogP contribution is 2.41. The second-order valence-corrected chi connectivity index (χ2v) is 6.57. The summed E-state index contributed by atoms with van der Waals surface area (Å²) < 4.78 is 40.6. The standard InChI is InChI=1S/C14H15F3N2O3S/c15-14(16,17)8-22-6-5-19-11(20)13(18-12(19)21)4-1-2-10-9(13)3-7-23-10/h3,7H,1-2,4-6,8H2,(H,18,21)/t13-/m1/s1. The second-order valence-electron chi connectivity index (χ2n) is 5.57. The van der Waals surface area contributed by atoms with Crippen LogP contribution in [0.3, 0.4) is 0 Å². The summed E-state index contributed by atoms with van der Waals surface area (Å²) in [7, 11) is 0. The smallest absolute Gasteiger partial charge is 0.370 e. The van der Waals surface area contributed by atoms with Gasteiger partial charge in [0.15, 0.2) is 0 Å². The van der Waals surface area contributed by atoms with Gasteiger partial charge < -0.3 is 10.1 Å². The van der Waals surface area contributed by atoms with Crippen LogP contribution in [0.1, 0.15) is 23.3 Å². The Kier molecular flexibility index (Phi) is 4.09. The summed E-state index contributed by atoms with van der Waals surface area (Å²) in [4.78, 5) is 26.8. The number of rotatable bonds is 4. The van der Waals surface area contributed by atoms with Crippen molar-refractivity contribution < 1.29 is 27.5 Å². The van der Waals surface area contributed by atoms with Crippen LogP contribution >= 0.6 is 11.3 Å². The molecule has 2 aliphatic rings. The lowest BCUT2D eigenvalue weighted by Crippen LogP contribution is -2.46. The maximum Gasteiger partial charge on any atom is 0.411 e. The third-order valence-electron chi connectivity index (χ3n) is 4.06. The van der Waals surface area contributed by atoms with Gasteiger partial charge in [0, 0.05) is 10.4 Å². The van der Waals surface area contributed by atoms with E-state index in [9.17, 15) is 22.8 Å². The Hall–Kier alpha value is -1.61. The van der Waals surface area contributed by atoms with Crippen LogP contribution in [-0.4, -0.2) is 42.8 Å². The molecule has 1 aliphatic carbocycles. The molecule has 0 unspecified atom stereocenters. The zero-order valence-electron chi connectivity index (χ0n) is 12.1. The first-order valence-corrected chi connectivity index (χ1v) is 8.07. The normalized spacial score (nSPS) is 24.2. The Morgan fingerprint density at radius 1 is 1.39 bits per heavy atom. The quantitative estimate of drug-likeness (QED) is 0.672. The lowest BCUT2D eigenvalue weighted by molar-refractivity contribution is -0.174. The lowest BCUT2D eigenvalue weighted by Gasteiger charge is -2.31. The van der Waals surface area contributed by atoms with Crippen molar-refractivity contribution in [3.63, 3.8) is 0 Å². The summed E-state index contributed by atoms with van der Waals surface area (Å²) in [6, 6.07) is 1.26. The van der Waals surface area contributed by atoms with E-state index in [0.29, 0.717) is 6.42 Å². The predicted octanol–water partition coefficient (Wildman–Crippen LogP) is 2.41. The van der Waals surface area contributed by atoms with E-state index < -0.39 is 30.3 Å². The molecule has 1 aromatic heterocycles. The minimum atomic E-state index is -4.42. The number of imide groups is 1. The van der Waals surface area contributed by atoms with Gasteiger partial charge in [-0.15, -0.1) is 11.3 Å². The Morgan fingerprint density at radius 2 is 2.17 bits per heavy atom. The highest BCUT2D eigenvalue weighted by atomic mass is 32.1. The van der Waals surface area contributed by atoms with Crippen LogP contribution in [0.15, 0.2) is 11.4 Å². The number of carbonyl (C=O) groups excluding carboxylic acids is 2. The van der Waals surface area contributed by atoms with Crippen LogP contribution in [0.25, 0.3) is 0 Å². The van der Waals surface area contributed by atoms with Crippen LogP contribution in [-0.2, 0) is 21.5 Å². The highest BCUT2D eigenvalue weighted by Gasteiger charge is 2.54. The molecule has 1 atom stereocenters. The Balaban J connectivity index is 1.70. The average Bonchev–Trinajstić information content (AvgIpc) is 3.02. The Bertz CT molecular complexity index is 631. The third kappa shape index (κ3) is 2.94. The van der Waals surface area contributed by atoms with Gasteiger partial charge in [-0.3, -0.25) is 9.69 Å².